The maximum Gasteiger partial charge on any atom is 0.273 e. The number of hydrogen-bond acceptors (Lipinski definition) is 5. The van der Waals surface area contributed by atoms with Gasteiger partial charge in [-0.15, -0.1) is 11.3 Å². The van der Waals surface area contributed by atoms with E-state index in [1.807, 2.05) is 48.4 Å². The van der Waals surface area contributed by atoms with E-state index in [1.165, 1.54) is 23.5 Å². The number of carbonyl (C=O) groups excluding carboxylic acids is 1. The number of carbonyl (C=O) groups is 1. The van der Waals surface area contributed by atoms with E-state index in [1.54, 1.807) is 12.1 Å². The summed E-state index contributed by atoms with van der Waals surface area (Å²) in [4.78, 5) is 21.7. The van der Waals surface area contributed by atoms with Crippen molar-refractivity contribution < 1.29 is 13.9 Å². The van der Waals surface area contributed by atoms with Crippen molar-refractivity contribution in [2.24, 2.45) is 0 Å². The molecule has 1 aromatic heterocycles. The highest BCUT2D eigenvalue weighted by atomic mass is 35.5. The first-order valence-electron chi connectivity index (χ1n) is 11.0. The van der Waals surface area contributed by atoms with Crippen molar-refractivity contribution in [1.29, 1.82) is 0 Å². The molecule has 4 rings (SSSR count). The Morgan fingerprint density at radius 2 is 1.82 bits per heavy atom. The number of halogens is 2. The molecular formula is C25H27ClFN3O2S. The van der Waals surface area contributed by atoms with Crippen LogP contribution in [0.4, 0.5) is 4.39 Å². The van der Waals surface area contributed by atoms with Crippen LogP contribution in [0.5, 0.6) is 0 Å². The maximum absolute atomic E-state index is 13.4. The van der Waals surface area contributed by atoms with Gasteiger partial charge in [-0.05, 0) is 49.2 Å². The molecule has 174 valence electrons. The van der Waals surface area contributed by atoms with E-state index in [2.05, 4.69) is 9.88 Å². The summed E-state index contributed by atoms with van der Waals surface area (Å²) in [7, 11) is 0. The van der Waals surface area contributed by atoms with Gasteiger partial charge in [0.1, 0.15) is 16.5 Å². The standard InChI is InChI=1S/C25H27ClFN3O2S/c1-17-11-30(12-18(2)32-17)25(31)23-16-33-24(28-23)15-29(13-19-6-8-22(27)9-7-19)14-20-4-3-5-21(26)10-20/h3-10,16-18H,11-15H2,1-2H3. The molecule has 33 heavy (non-hydrogen) atoms. The summed E-state index contributed by atoms with van der Waals surface area (Å²) in [6, 6.07) is 14.3. The van der Waals surface area contributed by atoms with Gasteiger partial charge in [-0.3, -0.25) is 9.69 Å². The summed E-state index contributed by atoms with van der Waals surface area (Å²) in [5.74, 6) is -0.311. The number of ether oxygens (including phenoxy) is 1. The number of thiazole rings is 1. The lowest BCUT2D eigenvalue weighted by Crippen LogP contribution is -2.48. The lowest BCUT2D eigenvalue weighted by molar-refractivity contribution is -0.0587. The Hall–Kier alpha value is -2.32. The summed E-state index contributed by atoms with van der Waals surface area (Å²) < 4.78 is 19.1. The van der Waals surface area contributed by atoms with Gasteiger partial charge in [-0.25, -0.2) is 9.37 Å². The Kier molecular flexibility index (Phi) is 7.75. The number of hydrogen-bond donors (Lipinski definition) is 0. The van der Waals surface area contributed by atoms with E-state index in [0.29, 0.717) is 43.4 Å². The first-order valence-corrected chi connectivity index (χ1v) is 12.2. The van der Waals surface area contributed by atoms with E-state index in [4.69, 9.17) is 16.3 Å². The second-order valence-corrected chi connectivity index (χ2v) is 9.87. The minimum Gasteiger partial charge on any atom is -0.372 e. The third kappa shape index (κ3) is 6.60. The molecule has 0 N–H and O–H groups in total. The molecule has 0 spiro atoms. The monoisotopic (exact) mass is 487 g/mol. The third-order valence-corrected chi connectivity index (χ3v) is 6.52. The molecule has 1 fully saturated rings. The number of nitrogens with zero attached hydrogens (tertiary/aromatic N) is 3. The highest BCUT2D eigenvalue weighted by Gasteiger charge is 2.28. The molecule has 0 radical (unpaired) electrons. The van der Waals surface area contributed by atoms with Gasteiger partial charge in [0, 0.05) is 36.6 Å². The topological polar surface area (TPSA) is 45.7 Å². The molecule has 0 saturated carbocycles. The molecule has 2 atom stereocenters. The molecule has 5 nitrogen and oxygen atoms in total. The Morgan fingerprint density at radius 1 is 1.12 bits per heavy atom. The first kappa shape index (κ1) is 23.8. The second kappa shape index (κ2) is 10.7. The van der Waals surface area contributed by atoms with Crippen LogP contribution in [0.2, 0.25) is 5.02 Å². The first-order chi connectivity index (χ1) is 15.9. The van der Waals surface area contributed by atoms with Crippen LogP contribution in [-0.4, -0.2) is 46.0 Å². The van der Waals surface area contributed by atoms with Crippen LogP contribution < -0.4 is 0 Å². The van der Waals surface area contributed by atoms with Gasteiger partial charge in [0.25, 0.3) is 5.91 Å². The predicted octanol–water partition coefficient (Wildman–Crippen LogP) is 5.39. The quantitative estimate of drug-likeness (QED) is 0.448. The molecule has 2 heterocycles. The van der Waals surface area contributed by atoms with Gasteiger partial charge < -0.3 is 9.64 Å². The molecular weight excluding hydrogens is 461 g/mol. The highest BCUT2D eigenvalue weighted by molar-refractivity contribution is 7.09. The van der Waals surface area contributed by atoms with Crippen LogP contribution in [0, 0.1) is 5.82 Å². The van der Waals surface area contributed by atoms with Gasteiger partial charge >= 0.3 is 0 Å². The normalized spacial score (nSPS) is 18.6. The van der Waals surface area contributed by atoms with Crippen molar-refractivity contribution in [3.05, 3.63) is 86.6 Å². The molecule has 2 aromatic carbocycles. The Balaban J connectivity index is 1.49. The number of amides is 1. The Bertz CT molecular complexity index is 1080. The van der Waals surface area contributed by atoms with E-state index in [0.717, 1.165) is 16.1 Å². The van der Waals surface area contributed by atoms with E-state index < -0.39 is 0 Å². The average molecular weight is 488 g/mol. The molecule has 1 amide bonds. The number of morpholine rings is 1. The average Bonchev–Trinajstić information content (AvgIpc) is 3.22. The van der Waals surface area contributed by atoms with Crippen LogP contribution in [0.25, 0.3) is 0 Å². The summed E-state index contributed by atoms with van der Waals surface area (Å²) in [5.41, 5.74) is 2.55. The second-order valence-electron chi connectivity index (χ2n) is 8.50. The van der Waals surface area contributed by atoms with Gasteiger partial charge in [0.2, 0.25) is 0 Å². The minimum absolute atomic E-state index is 0.0136. The molecule has 0 bridgehead atoms. The lowest BCUT2D eigenvalue weighted by Gasteiger charge is -2.34. The van der Waals surface area contributed by atoms with Gasteiger partial charge in [-0.2, -0.15) is 0 Å². The summed E-state index contributed by atoms with van der Waals surface area (Å²) in [6.45, 7) is 6.94. The fourth-order valence-electron chi connectivity index (χ4n) is 4.09. The van der Waals surface area contributed by atoms with Crippen molar-refractivity contribution in [3.63, 3.8) is 0 Å². The smallest absolute Gasteiger partial charge is 0.273 e. The Labute approximate surface area is 202 Å². The zero-order valence-electron chi connectivity index (χ0n) is 18.7. The van der Waals surface area contributed by atoms with Crippen LogP contribution >= 0.6 is 22.9 Å². The fraction of sp³-hybridized carbons (Fsp3) is 0.360. The van der Waals surface area contributed by atoms with Crippen molar-refractivity contribution in [2.45, 2.75) is 45.7 Å². The van der Waals surface area contributed by atoms with Crippen LogP contribution in [0.15, 0.2) is 53.9 Å². The molecule has 1 aliphatic rings. The largest absolute Gasteiger partial charge is 0.372 e. The number of aromatic nitrogens is 1. The molecule has 8 heteroatoms. The van der Waals surface area contributed by atoms with Crippen molar-refractivity contribution >= 4 is 28.8 Å². The maximum atomic E-state index is 13.4. The molecule has 1 aliphatic heterocycles. The van der Waals surface area contributed by atoms with Gasteiger partial charge in [-0.1, -0.05) is 35.9 Å². The molecule has 3 aromatic rings. The highest BCUT2D eigenvalue weighted by Crippen LogP contribution is 2.21. The minimum atomic E-state index is -0.255. The zero-order valence-corrected chi connectivity index (χ0v) is 20.3. The van der Waals surface area contributed by atoms with Crippen molar-refractivity contribution in [3.8, 4) is 0 Å². The van der Waals surface area contributed by atoms with E-state index in [9.17, 15) is 9.18 Å². The van der Waals surface area contributed by atoms with E-state index in [-0.39, 0.29) is 23.9 Å². The van der Waals surface area contributed by atoms with Crippen LogP contribution in [-0.2, 0) is 24.4 Å². The molecule has 1 saturated heterocycles. The van der Waals surface area contributed by atoms with Gasteiger partial charge in [0.05, 0.1) is 18.8 Å². The Morgan fingerprint density at radius 3 is 2.52 bits per heavy atom. The lowest BCUT2D eigenvalue weighted by atomic mass is 10.1. The number of benzene rings is 2. The number of rotatable bonds is 7. The predicted molar refractivity (Wildman–Crippen MR) is 129 cm³/mol. The summed E-state index contributed by atoms with van der Waals surface area (Å²) in [6.07, 6.45) is 0.0272. The zero-order chi connectivity index (χ0) is 23.4. The summed E-state index contributed by atoms with van der Waals surface area (Å²) in [5, 5.41) is 3.37. The van der Waals surface area contributed by atoms with Crippen LogP contribution in [0.1, 0.15) is 40.5 Å². The van der Waals surface area contributed by atoms with Crippen LogP contribution in [0.3, 0.4) is 0 Å². The molecule has 0 aliphatic carbocycles. The SMILES string of the molecule is CC1CN(C(=O)c2csc(CN(Cc3ccc(F)cc3)Cc3cccc(Cl)c3)n2)CC(C)O1. The molecule has 2 unspecified atom stereocenters. The van der Waals surface area contributed by atoms with Crippen molar-refractivity contribution in [1.82, 2.24) is 14.8 Å². The third-order valence-electron chi connectivity index (χ3n) is 5.45. The van der Waals surface area contributed by atoms with Gasteiger partial charge in [0.15, 0.2) is 0 Å². The van der Waals surface area contributed by atoms with Crippen molar-refractivity contribution in [2.75, 3.05) is 13.1 Å². The van der Waals surface area contributed by atoms with E-state index >= 15 is 0 Å². The summed E-state index contributed by atoms with van der Waals surface area (Å²) >= 11 is 7.66. The fourth-order valence-corrected chi connectivity index (χ4v) is 5.11.